The minimum absolute atomic E-state index is 0.117. The number of nitrogens with one attached hydrogen (secondary N) is 1. The van der Waals surface area contributed by atoms with E-state index in [1.54, 1.807) is 0 Å². The summed E-state index contributed by atoms with van der Waals surface area (Å²) >= 11 is 6.73. The fraction of sp³-hybridized carbons (Fsp3) is 0.577. The van der Waals surface area contributed by atoms with Crippen molar-refractivity contribution in [2.24, 2.45) is 5.92 Å². The Morgan fingerprint density at radius 3 is 2.63 bits per heavy atom. The highest BCUT2D eigenvalue weighted by Gasteiger charge is 2.59. The van der Waals surface area contributed by atoms with Crippen molar-refractivity contribution in [3.8, 4) is 0 Å². The maximum absolute atomic E-state index is 10.2. The summed E-state index contributed by atoms with van der Waals surface area (Å²) in [6, 6.07) is 4.24. The summed E-state index contributed by atoms with van der Waals surface area (Å²) in [5.41, 5.74) is 4.43. The van der Waals surface area contributed by atoms with E-state index in [4.69, 9.17) is 21.3 Å². The summed E-state index contributed by atoms with van der Waals surface area (Å²) in [6.07, 6.45) is 9.16. The molecule has 3 aliphatic carbocycles. The van der Waals surface area contributed by atoms with Crippen LogP contribution in [0.3, 0.4) is 0 Å². The number of aliphatic hydroxyl groups is 1. The minimum atomic E-state index is -0.381. The van der Waals surface area contributed by atoms with Gasteiger partial charge in [0, 0.05) is 16.6 Å². The second-order valence-corrected chi connectivity index (χ2v) is 11.4. The number of hydrogen-bond acceptors (Lipinski definition) is 7. The van der Waals surface area contributed by atoms with E-state index < -0.39 is 0 Å². The summed E-state index contributed by atoms with van der Waals surface area (Å²) < 4.78 is 7.66. The van der Waals surface area contributed by atoms with Crippen molar-refractivity contribution in [1.29, 1.82) is 0 Å². The van der Waals surface area contributed by atoms with Crippen LogP contribution >= 0.6 is 11.6 Å². The number of rotatable bonds is 5. The number of halogens is 1. The highest BCUT2D eigenvalue weighted by Crippen LogP contribution is 2.62. The molecule has 8 nitrogen and oxygen atoms in total. The van der Waals surface area contributed by atoms with Gasteiger partial charge in [-0.15, -0.1) is 0 Å². The number of anilines is 2. The molecule has 5 fully saturated rings. The Kier molecular flexibility index (Phi) is 5.10. The summed E-state index contributed by atoms with van der Waals surface area (Å²) in [5, 5.41) is 20.0. The molecule has 35 heavy (non-hydrogen) atoms. The van der Waals surface area contributed by atoms with Gasteiger partial charge < -0.3 is 15.2 Å². The van der Waals surface area contributed by atoms with Crippen molar-refractivity contribution in [1.82, 2.24) is 24.6 Å². The van der Waals surface area contributed by atoms with Gasteiger partial charge in [-0.2, -0.15) is 5.10 Å². The highest BCUT2D eigenvalue weighted by molar-refractivity contribution is 6.32. The van der Waals surface area contributed by atoms with E-state index in [0.717, 1.165) is 64.7 Å². The number of fused-ring (bicyclic) bond motifs is 1. The van der Waals surface area contributed by atoms with E-state index in [0.29, 0.717) is 25.1 Å². The van der Waals surface area contributed by atoms with Crippen LogP contribution in [0, 0.1) is 12.8 Å². The quantitative estimate of drug-likeness (QED) is 0.554. The van der Waals surface area contributed by atoms with Gasteiger partial charge in [-0.1, -0.05) is 11.6 Å². The topological polar surface area (TPSA) is 88.3 Å². The lowest BCUT2D eigenvalue weighted by Crippen LogP contribution is -2.60. The normalized spacial score (nSPS) is 30.9. The molecule has 2 saturated heterocycles. The molecule has 0 spiro atoms. The molecule has 0 amide bonds. The van der Waals surface area contributed by atoms with Gasteiger partial charge in [0.1, 0.15) is 0 Å². The molecular formula is C26H31ClN6O2. The molecule has 2 aromatic heterocycles. The average Bonchev–Trinajstić information content (AvgIpc) is 3.38. The minimum Gasteiger partial charge on any atom is -0.389 e. The number of aromatic nitrogens is 4. The molecular weight excluding hydrogens is 464 g/mol. The first-order valence-corrected chi connectivity index (χ1v) is 13.2. The second kappa shape index (κ2) is 8.13. The highest BCUT2D eigenvalue weighted by atomic mass is 35.5. The number of piperidine rings is 1. The van der Waals surface area contributed by atoms with Crippen molar-refractivity contribution < 1.29 is 9.84 Å². The van der Waals surface area contributed by atoms with E-state index >= 15 is 0 Å². The number of benzene rings is 1. The van der Waals surface area contributed by atoms with E-state index in [1.165, 1.54) is 19.3 Å². The zero-order valence-corrected chi connectivity index (χ0v) is 20.7. The van der Waals surface area contributed by atoms with E-state index in [9.17, 15) is 5.11 Å². The smallest absolute Gasteiger partial charge is 0.227 e. The van der Waals surface area contributed by atoms with Crippen LogP contribution in [0.4, 0.5) is 11.6 Å². The summed E-state index contributed by atoms with van der Waals surface area (Å²) in [7, 11) is 0. The van der Waals surface area contributed by atoms with Gasteiger partial charge in [-0.3, -0.25) is 9.58 Å². The molecule has 2 N–H and O–H groups in total. The molecule has 9 heteroatoms. The molecule has 2 bridgehead atoms. The number of aliphatic hydroxyl groups excluding tert-OH is 1. The number of nitrogens with zero attached hydrogens (tertiary/aromatic N) is 5. The largest absolute Gasteiger partial charge is 0.389 e. The molecule has 1 unspecified atom stereocenters. The van der Waals surface area contributed by atoms with Gasteiger partial charge in [0.05, 0.1) is 54.0 Å². The molecule has 4 heterocycles. The third-order valence-corrected chi connectivity index (χ3v) is 9.20. The van der Waals surface area contributed by atoms with Crippen molar-refractivity contribution in [3.63, 3.8) is 0 Å². The van der Waals surface area contributed by atoms with Crippen LogP contribution in [0.15, 0.2) is 24.5 Å². The lowest BCUT2D eigenvalue weighted by atomic mass is 9.50. The van der Waals surface area contributed by atoms with Gasteiger partial charge in [0.2, 0.25) is 5.95 Å². The van der Waals surface area contributed by atoms with Gasteiger partial charge in [-0.25, -0.2) is 9.97 Å². The van der Waals surface area contributed by atoms with E-state index in [2.05, 4.69) is 38.0 Å². The standard InChI is InChI=1S/C26H31ClN6O2/c1-15-22(12-29-33(15)26-8-16(9-26)10-26)31-25-28-11-18-6-20(27)19(7-21(18)30-25)17-2-4-32(5-3-17)23-13-35-14-24(23)34/h6-7,11-12,16-17,23-24,34H,2-5,8-10,13-14H2,1H3,(H,28,30,31)/t16?,23-,24?,26?/m1/s1. The summed E-state index contributed by atoms with van der Waals surface area (Å²) in [6.45, 7) is 5.06. The first kappa shape index (κ1) is 22.0. The van der Waals surface area contributed by atoms with Crippen LogP contribution in [0.2, 0.25) is 5.02 Å². The van der Waals surface area contributed by atoms with E-state index in [1.807, 2.05) is 18.5 Å². The lowest BCUT2D eigenvalue weighted by Gasteiger charge is -2.61. The van der Waals surface area contributed by atoms with Crippen LogP contribution in [0.1, 0.15) is 49.3 Å². The molecule has 2 aliphatic heterocycles. The maximum Gasteiger partial charge on any atom is 0.227 e. The summed E-state index contributed by atoms with van der Waals surface area (Å²) in [4.78, 5) is 11.7. The molecule has 8 rings (SSSR count). The molecule has 3 saturated carbocycles. The third kappa shape index (κ3) is 3.56. The van der Waals surface area contributed by atoms with Crippen molar-refractivity contribution in [2.45, 2.75) is 62.6 Å². The lowest BCUT2D eigenvalue weighted by molar-refractivity contribution is -0.0990. The second-order valence-electron chi connectivity index (χ2n) is 11.0. The Morgan fingerprint density at radius 2 is 1.94 bits per heavy atom. The fourth-order valence-electron chi connectivity index (χ4n) is 6.69. The van der Waals surface area contributed by atoms with Gasteiger partial charge in [0.25, 0.3) is 0 Å². The van der Waals surface area contributed by atoms with Crippen molar-refractivity contribution in [2.75, 3.05) is 31.6 Å². The third-order valence-electron chi connectivity index (χ3n) is 8.87. The number of likely N-dealkylation sites (tertiary alicyclic amines) is 1. The first-order valence-electron chi connectivity index (χ1n) is 12.8. The average molecular weight is 495 g/mol. The SMILES string of the molecule is Cc1c(Nc2ncc3cc(Cl)c(C4CCN([C@@H]5COCC5O)CC4)cc3n2)cnn1C12CC(C1)C2. The Bertz CT molecular complexity index is 1270. The van der Waals surface area contributed by atoms with E-state index in [-0.39, 0.29) is 17.7 Å². The van der Waals surface area contributed by atoms with Crippen molar-refractivity contribution >= 4 is 34.1 Å². The zero-order valence-electron chi connectivity index (χ0n) is 20.0. The Balaban J connectivity index is 1.10. The Morgan fingerprint density at radius 1 is 1.14 bits per heavy atom. The van der Waals surface area contributed by atoms with Crippen LogP contribution in [-0.2, 0) is 10.3 Å². The van der Waals surface area contributed by atoms with Crippen LogP contribution in [0.5, 0.6) is 0 Å². The zero-order chi connectivity index (χ0) is 23.7. The Labute approximate surface area is 209 Å². The van der Waals surface area contributed by atoms with Crippen LogP contribution in [-0.4, -0.2) is 68.2 Å². The van der Waals surface area contributed by atoms with Gasteiger partial charge in [-0.05, 0) is 81.6 Å². The van der Waals surface area contributed by atoms with Crippen molar-refractivity contribution in [3.05, 3.63) is 40.8 Å². The fourth-order valence-corrected chi connectivity index (χ4v) is 7.01. The van der Waals surface area contributed by atoms with Crippen LogP contribution < -0.4 is 5.32 Å². The molecule has 1 aromatic carbocycles. The Hall–Kier alpha value is -2.26. The summed E-state index contributed by atoms with van der Waals surface area (Å²) in [5.74, 6) is 1.87. The first-order chi connectivity index (χ1) is 17.0. The molecule has 2 atom stereocenters. The van der Waals surface area contributed by atoms with Crippen LogP contribution in [0.25, 0.3) is 10.9 Å². The molecule has 5 aliphatic rings. The molecule has 0 radical (unpaired) electrons. The van der Waals surface area contributed by atoms with Gasteiger partial charge >= 0.3 is 0 Å². The molecule has 3 aromatic rings. The van der Waals surface area contributed by atoms with Gasteiger partial charge in [0.15, 0.2) is 0 Å². The number of hydrogen-bond donors (Lipinski definition) is 2. The monoisotopic (exact) mass is 494 g/mol. The predicted molar refractivity (Wildman–Crippen MR) is 134 cm³/mol. The predicted octanol–water partition coefficient (Wildman–Crippen LogP) is 3.98. The number of ether oxygens (including phenoxy) is 1. The molecule has 184 valence electrons. The maximum atomic E-state index is 10.2.